The number of thiophene rings is 1. The van der Waals surface area contributed by atoms with E-state index in [0.29, 0.717) is 18.0 Å². The lowest BCUT2D eigenvalue weighted by atomic mass is 10.0. The molecule has 0 fully saturated rings. The average Bonchev–Trinajstić information content (AvgIpc) is 3.31. The summed E-state index contributed by atoms with van der Waals surface area (Å²) < 4.78 is 2.11. The van der Waals surface area contributed by atoms with Crippen LogP contribution in [-0.4, -0.2) is 20.6 Å². The highest BCUT2D eigenvalue weighted by Gasteiger charge is 2.16. The van der Waals surface area contributed by atoms with E-state index < -0.39 is 5.97 Å². The molecule has 0 saturated heterocycles. The minimum atomic E-state index is -0.953. The zero-order valence-corrected chi connectivity index (χ0v) is 18.6. The van der Waals surface area contributed by atoms with Crippen LogP contribution in [0.1, 0.15) is 42.4 Å². The minimum absolute atomic E-state index is 0. The molecule has 4 nitrogen and oxygen atoms in total. The fourth-order valence-corrected chi connectivity index (χ4v) is 4.02. The van der Waals surface area contributed by atoms with Gasteiger partial charge >= 0.3 is 5.97 Å². The molecule has 0 atom stereocenters. The molecule has 3 aromatic rings. The van der Waals surface area contributed by atoms with Gasteiger partial charge in [0.2, 0.25) is 0 Å². The Morgan fingerprint density at radius 3 is 2.76 bits per heavy atom. The molecule has 0 aliphatic heterocycles. The van der Waals surface area contributed by atoms with E-state index in [-0.39, 0.29) is 12.4 Å². The molecule has 0 radical (unpaired) electrons. The van der Waals surface area contributed by atoms with E-state index in [4.69, 9.17) is 11.6 Å². The lowest BCUT2D eigenvalue weighted by Crippen LogP contribution is -2.10. The predicted octanol–water partition coefficient (Wildman–Crippen LogP) is 6.12. The largest absolute Gasteiger partial charge is 0.478 e. The molecule has 0 amide bonds. The third kappa shape index (κ3) is 6.20. The van der Waals surface area contributed by atoms with Gasteiger partial charge in [-0.2, -0.15) is 11.3 Å². The Morgan fingerprint density at radius 1 is 1.31 bits per heavy atom. The molecule has 1 aromatic carbocycles. The number of aryl methyl sites for hydroxylation is 1. The molecule has 0 spiro atoms. The van der Waals surface area contributed by atoms with Crippen molar-refractivity contribution < 1.29 is 9.90 Å². The molecule has 0 unspecified atom stereocenters. The number of hydrogen-bond donors (Lipinski definition) is 1. The van der Waals surface area contributed by atoms with E-state index in [1.807, 2.05) is 41.1 Å². The van der Waals surface area contributed by atoms with Crippen molar-refractivity contribution >= 4 is 46.9 Å². The van der Waals surface area contributed by atoms with Crippen LogP contribution in [0.2, 0.25) is 5.02 Å². The molecule has 154 valence electrons. The quantitative estimate of drug-likeness (QED) is 0.399. The summed E-state index contributed by atoms with van der Waals surface area (Å²) in [5.41, 5.74) is 3.66. The Bertz CT molecular complexity index is 965. The van der Waals surface area contributed by atoms with Crippen molar-refractivity contribution in [2.45, 2.75) is 39.2 Å². The van der Waals surface area contributed by atoms with Crippen molar-refractivity contribution in [3.8, 4) is 0 Å². The number of halogens is 2. The number of aromatic nitrogens is 2. The summed E-state index contributed by atoms with van der Waals surface area (Å²) in [6, 6.07) is 9.76. The lowest BCUT2D eigenvalue weighted by Gasteiger charge is -2.15. The van der Waals surface area contributed by atoms with Crippen LogP contribution < -0.4 is 0 Å². The number of carbonyl (C=O) groups is 1. The van der Waals surface area contributed by atoms with E-state index >= 15 is 0 Å². The van der Waals surface area contributed by atoms with Crippen LogP contribution in [0.25, 0.3) is 5.57 Å². The van der Waals surface area contributed by atoms with Crippen LogP contribution in [0.15, 0.2) is 53.4 Å². The second-order valence-corrected chi connectivity index (χ2v) is 7.84. The van der Waals surface area contributed by atoms with Crippen molar-refractivity contribution in [3.63, 3.8) is 0 Å². The van der Waals surface area contributed by atoms with Gasteiger partial charge in [-0.15, -0.1) is 12.4 Å². The van der Waals surface area contributed by atoms with Gasteiger partial charge in [0.25, 0.3) is 0 Å². The number of allylic oxidation sites excluding steroid dienone is 1. The van der Waals surface area contributed by atoms with Gasteiger partial charge in [-0.25, -0.2) is 9.78 Å². The first-order valence-electron chi connectivity index (χ1n) is 9.31. The van der Waals surface area contributed by atoms with Crippen LogP contribution in [-0.2, 0) is 24.2 Å². The number of hydrogen-bond acceptors (Lipinski definition) is 3. The highest BCUT2D eigenvalue weighted by Crippen LogP contribution is 2.26. The zero-order chi connectivity index (χ0) is 19.9. The Labute approximate surface area is 186 Å². The van der Waals surface area contributed by atoms with Gasteiger partial charge in [-0.3, -0.25) is 0 Å². The highest BCUT2D eigenvalue weighted by molar-refractivity contribution is 7.07. The third-order valence-corrected chi connectivity index (χ3v) is 5.68. The first-order valence-corrected chi connectivity index (χ1v) is 10.6. The maximum atomic E-state index is 11.5. The molecule has 1 N–H and O–H groups in total. The number of carboxylic acid groups (broad SMARTS) is 1. The summed E-state index contributed by atoms with van der Waals surface area (Å²) in [6.07, 6.45) is 6.59. The normalized spacial score (nSPS) is 11.3. The molecule has 2 heterocycles. The van der Waals surface area contributed by atoms with E-state index in [2.05, 4.69) is 16.5 Å². The molecular formula is C22H24Cl2N2O2S. The highest BCUT2D eigenvalue weighted by atomic mass is 35.5. The van der Waals surface area contributed by atoms with Crippen LogP contribution in [0, 0.1) is 0 Å². The van der Waals surface area contributed by atoms with Crippen molar-refractivity contribution in [1.29, 1.82) is 0 Å². The molecule has 0 saturated carbocycles. The van der Waals surface area contributed by atoms with Gasteiger partial charge in [-0.1, -0.05) is 43.1 Å². The average molecular weight is 451 g/mol. The van der Waals surface area contributed by atoms with Crippen molar-refractivity contribution in [2.75, 3.05) is 0 Å². The monoisotopic (exact) mass is 450 g/mol. The summed E-state index contributed by atoms with van der Waals surface area (Å²) in [6.45, 7) is 2.71. The maximum Gasteiger partial charge on any atom is 0.328 e. The number of rotatable bonds is 9. The number of unbranched alkanes of at least 4 members (excludes halogenated alkanes) is 1. The Morgan fingerprint density at radius 2 is 2.10 bits per heavy atom. The molecule has 29 heavy (non-hydrogen) atoms. The minimum Gasteiger partial charge on any atom is -0.478 e. The van der Waals surface area contributed by atoms with E-state index in [1.54, 1.807) is 17.5 Å². The Balaban J connectivity index is 0.00000300. The van der Waals surface area contributed by atoms with Gasteiger partial charge in [0.05, 0.1) is 18.4 Å². The summed E-state index contributed by atoms with van der Waals surface area (Å²) >= 11 is 7.99. The smallest absolute Gasteiger partial charge is 0.328 e. The predicted molar refractivity (Wildman–Crippen MR) is 122 cm³/mol. The van der Waals surface area contributed by atoms with E-state index in [0.717, 1.165) is 47.5 Å². The van der Waals surface area contributed by atoms with Gasteiger partial charge < -0.3 is 9.67 Å². The molecule has 2 aromatic heterocycles. The molecular weight excluding hydrogens is 427 g/mol. The number of aliphatic carboxylic acids is 1. The molecule has 0 aliphatic rings. The van der Waals surface area contributed by atoms with Gasteiger partial charge in [-0.05, 0) is 46.0 Å². The number of benzene rings is 1. The standard InChI is InChI=1S/C22H23ClN2O2S.ClH/c1-2-3-8-21-24-13-20(25(21)14-17-6-4-5-7-19(17)23)18(12-22(26)27)11-16-9-10-28-15-16;/h4-7,9-10,12-13,15H,2-3,8,11,14H2,1H3,(H,26,27);1H. The van der Waals surface area contributed by atoms with Gasteiger partial charge in [0, 0.05) is 23.9 Å². The van der Waals surface area contributed by atoms with Crippen molar-refractivity contribution in [2.24, 2.45) is 0 Å². The van der Waals surface area contributed by atoms with Gasteiger partial charge in [0.15, 0.2) is 0 Å². The summed E-state index contributed by atoms with van der Waals surface area (Å²) in [5.74, 6) is 0.00390. The summed E-state index contributed by atoms with van der Waals surface area (Å²) in [4.78, 5) is 16.1. The maximum absolute atomic E-state index is 11.5. The Hall–Kier alpha value is -2.08. The molecule has 0 bridgehead atoms. The summed E-state index contributed by atoms with van der Waals surface area (Å²) in [5, 5.41) is 14.2. The SMILES string of the molecule is CCCCc1ncc(C(=CC(=O)O)Cc2ccsc2)n1Cc1ccccc1Cl.Cl. The van der Waals surface area contributed by atoms with Crippen LogP contribution in [0.4, 0.5) is 0 Å². The Kier molecular flexibility index (Phi) is 8.96. The first-order chi connectivity index (χ1) is 13.6. The molecule has 3 rings (SSSR count). The second-order valence-electron chi connectivity index (χ2n) is 6.66. The summed E-state index contributed by atoms with van der Waals surface area (Å²) in [7, 11) is 0. The number of nitrogens with zero attached hydrogens (tertiary/aromatic N) is 2. The van der Waals surface area contributed by atoms with Crippen LogP contribution in [0.5, 0.6) is 0 Å². The topological polar surface area (TPSA) is 55.1 Å². The van der Waals surface area contributed by atoms with E-state index in [9.17, 15) is 9.90 Å². The number of carboxylic acids is 1. The van der Waals surface area contributed by atoms with E-state index in [1.165, 1.54) is 6.08 Å². The fraction of sp³-hybridized carbons (Fsp3) is 0.273. The van der Waals surface area contributed by atoms with Crippen molar-refractivity contribution in [1.82, 2.24) is 9.55 Å². The third-order valence-electron chi connectivity index (χ3n) is 4.58. The fourth-order valence-electron chi connectivity index (χ4n) is 3.16. The molecule has 7 heteroatoms. The van der Waals surface area contributed by atoms with Crippen LogP contribution in [0.3, 0.4) is 0 Å². The lowest BCUT2D eigenvalue weighted by molar-refractivity contribution is -0.131. The second kappa shape index (κ2) is 11.2. The number of imidazole rings is 1. The molecule has 0 aliphatic carbocycles. The van der Waals surface area contributed by atoms with Crippen LogP contribution >= 0.6 is 35.3 Å². The zero-order valence-electron chi connectivity index (χ0n) is 16.2. The van der Waals surface area contributed by atoms with Crippen molar-refractivity contribution in [3.05, 3.63) is 81.0 Å². The van der Waals surface area contributed by atoms with Gasteiger partial charge in [0.1, 0.15) is 5.82 Å². The first kappa shape index (κ1) is 23.2.